The van der Waals surface area contributed by atoms with E-state index in [9.17, 15) is 4.79 Å². The molecule has 0 unspecified atom stereocenters. The number of carbonyl (C=O) groups is 1. The van der Waals surface area contributed by atoms with Crippen molar-refractivity contribution in [2.45, 2.75) is 6.54 Å². The molecule has 0 radical (unpaired) electrons. The molecule has 3 aromatic carbocycles. The van der Waals surface area contributed by atoms with Crippen molar-refractivity contribution in [3.63, 3.8) is 0 Å². The van der Waals surface area contributed by atoms with E-state index in [4.69, 9.17) is 14.2 Å². The monoisotopic (exact) mass is 376 g/mol. The fraction of sp³-hybridized carbons (Fsp3) is 0.136. The highest BCUT2D eigenvalue weighted by molar-refractivity contribution is 5.80. The van der Waals surface area contributed by atoms with Crippen LogP contribution < -0.4 is 24.8 Å². The van der Waals surface area contributed by atoms with Crippen molar-refractivity contribution in [2.75, 3.05) is 18.7 Å². The van der Waals surface area contributed by atoms with Gasteiger partial charge in [-0.25, -0.2) is 0 Å². The zero-order valence-electron chi connectivity index (χ0n) is 15.2. The minimum atomic E-state index is -0.0951. The van der Waals surface area contributed by atoms with Gasteiger partial charge in [0.25, 0.3) is 0 Å². The standard InChI is InChI=1S/C22H20N2O4/c25-22(24-13-16-6-11-20-21(12-16)27-15-26-20)14-23-17-7-9-19(10-8-17)28-18-4-2-1-3-5-18/h1-12,23H,13-15H2,(H,24,25). The van der Waals surface area contributed by atoms with Gasteiger partial charge in [0.2, 0.25) is 12.7 Å². The lowest BCUT2D eigenvalue weighted by molar-refractivity contribution is -0.119. The van der Waals surface area contributed by atoms with Gasteiger partial charge in [-0.2, -0.15) is 0 Å². The van der Waals surface area contributed by atoms with Crippen LogP contribution in [0.2, 0.25) is 0 Å². The molecular formula is C22H20N2O4. The van der Waals surface area contributed by atoms with Gasteiger partial charge in [0.15, 0.2) is 11.5 Å². The molecule has 0 saturated heterocycles. The summed E-state index contributed by atoms with van der Waals surface area (Å²) < 4.78 is 16.4. The highest BCUT2D eigenvalue weighted by atomic mass is 16.7. The van der Waals surface area contributed by atoms with Gasteiger partial charge in [-0.15, -0.1) is 0 Å². The van der Waals surface area contributed by atoms with Gasteiger partial charge in [-0.05, 0) is 54.1 Å². The van der Waals surface area contributed by atoms with Crippen molar-refractivity contribution in [1.82, 2.24) is 5.32 Å². The molecule has 142 valence electrons. The topological polar surface area (TPSA) is 68.8 Å². The molecule has 1 aliphatic rings. The van der Waals surface area contributed by atoms with E-state index < -0.39 is 0 Å². The van der Waals surface area contributed by atoms with Gasteiger partial charge in [-0.3, -0.25) is 4.79 Å². The quantitative estimate of drug-likeness (QED) is 0.654. The summed E-state index contributed by atoms with van der Waals surface area (Å²) >= 11 is 0. The summed E-state index contributed by atoms with van der Waals surface area (Å²) in [6.45, 7) is 0.856. The first kappa shape index (κ1) is 17.7. The molecule has 28 heavy (non-hydrogen) atoms. The Morgan fingerprint density at radius 2 is 1.64 bits per heavy atom. The van der Waals surface area contributed by atoms with Gasteiger partial charge in [0.1, 0.15) is 11.5 Å². The predicted molar refractivity (Wildman–Crippen MR) is 106 cm³/mol. The second-order valence-corrected chi connectivity index (χ2v) is 6.26. The maximum absolute atomic E-state index is 12.1. The molecule has 3 aromatic rings. The van der Waals surface area contributed by atoms with Crippen LogP contribution in [0.25, 0.3) is 0 Å². The lowest BCUT2D eigenvalue weighted by Gasteiger charge is -2.10. The SMILES string of the molecule is O=C(CNc1ccc(Oc2ccccc2)cc1)NCc1ccc2c(c1)OCO2. The molecule has 0 bridgehead atoms. The number of hydrogen-bond acceptors (Lipinski definition) is 5. The number of para-hydroxylation sites is 1. The largest absolute Gasteiger partial charge is 0.457 e. The number of amides is 1. The molecule has 0 fully saturated rings. The summed E-state index contributed by atoms with van der Waals surface area (Å²) in [6.07, 6.45) is 0. The number of fused-ring (bicyclic) bond motifs is 1. The molecule has 0 aromatic heterocycles. The van der Waals surface area contributed by atoms with Gasteiger partial charge in [0.05, 0.1) is 6.54 Å². The first-order chi connectivity index (χ1) is 13.8. The molecule has 0 saturated carbocycles. The molecule has 6 nitrogen and oxygen atoms in total. The number of anilines is 1. The van der Waals surface area contributed by atoms with E-state index >= 15 is 0 Å². The molecule has 4 rings (SSSR count). The fourth-order valence-electron chi connectivity index (χ4n) is 2.76. The van der Waals surface area contributed by atoms with E-state index in [0.29, 0.717) is 12.3 Å². The minimum absolute atomic E-state index is 0.0951. The van der Waals surface area contributed by atoms with E-state index in [0.717, 1.165) is 28.5 Å². The van der Waals surface area contributed by atoms with E-state index in [1.807, 2.05) is 72.8 Å². The molecular weight excluding hydrogens is 356 g/mol. The summed E-state index contributed by atoms with van der Waals surface area (Å²) in [7, 11) is 0. The summed E-state index contributed by atoms with van der Waals surface area (Å²) in [6, 6.07) is 22.7. The van der Waals surface area contributed by atoms with Crippen molar-refractivity contribution in [3.05, 3.63) is 78.4 Å². The van der Waals surface area contributed by atoms with Crippen LogP contribution in [0.4, 0.5) is 5.69 Å². The fourth-order valence-corrected chi connectivity index (χ4v) is 2.76. The van der Waals surface area contributed by atoms with Crippen molar-refractivity contribution < 1.29 is 19.0 Å². The third kappa shape index (κ3) is 4.54. The third-order valence-corrected chi connectivity index (χ3v) is 4.21. The lowest BCUT2D eigenvalue weighted by atomic mass is 10.2. The number of nitrogens with one attached hydrogen (secondary N) is 2. The Hall–Kier alpha value is -3.67. The average Bonchev–Trinajstić information content (AvgIpc) is 3.20. The second kappa shape index (κ2) is 8.35. The van der Waals surface area contributed by atoms with Gasteiger partial charge in [-0.1, -0.05) is 24.3 Å². The van der Waals surface area contributed by atoms with Crippen LogP contribution in [-0.2, 0) is 11.3 Å². The van der Waals surface area contributed by atoms with Crippen LogP contribution in [0.3, 0.4) is 0 Å². The molecule has 0 aliphatic carbocycles. The van der Waals surface area contributed by atoms with Gasteiger partial charge in [0, 0.05) is 12.2 Å². The van der Waals surface area contributed by atoms with Crippen molar-refractivity contribution >= 4 is 11.6 Å². The van der Waals surface area contributed by atoms with E-state index in [-0.39, 0.29) is 19.2 Å². The Kier molecular flexibility index (Phi) is 5.29. The summed E-state index contributed by atoms with van der Waals surface area (Å²) in [5.41, 5.74) is 1.80. The lowest BCUT2D eigenvalue weighted by Crippen LogP contribution is -2.29. The van der Waals surface area contributed by atoms with Crippen LogP contribution in [0.5, 0.6) is 23.0 Å². The van der Waals surface area contributed by atoms with Crippen LogP contribution in [0.15, 0.2) is 72.8 Å². The number of rotatable bonds is 7. The van der Waals surface area contributed by atoms with Crippen molar-refractivity contribution in [2.24, 2.45) is 0 Å². The van der Waals surface area contributed by atoms with Crippen LogP contribution in [-0.4, -0.2) is 19.2 Å². The molecule has 2 N–H and O–H groups in total. The molecule has 1 aliphatic heterocycles. The van der Waals surface area contributed by atoms with Crippen LogP contribution in [0, 0.1) is 0 Å². The molecule has 1 amide bonds. The highest BCUT2D eigenvalue weighted by Gasteiger charge is 2.13. The van der Waals surface area contributed by atoms with Crippen LogP contribution in [0.1, 0.15) is 5.56 Å². The van der Waals surface area contributed by atoms with Crippen molar-refractivity contribution in [3.8, 4) is 23.0 Å². The zero-order chi connectivity index (χ0) is 19.2. The minimum Gasteiger partial charge on any atom is -0.457 e. The normalized spacial score (nSPS) is 11.7. The Morgan fingerprint density at radius 1 is 0.893 bits per heavy atom. The van der Waals surface area contributed by atoms with Gasteiger partial charge < -0.3 is 24.8 Å². The summed E-state index contributed by atoms with van der Waals surface area (Å²) in [5.74, 6) is 2.87. The first-order valence-electron chi connectivity index (χ1n) is 8.98. The maximum atomic E-state index is 12.1. The molecule has 1 heterocycles. The number of carbonyl (C=O) groups excluding carboxylic acids is 1. The number of ether oxygens (including phenoxy) is 3. The predicted octanol–water partition coefficient (Wildman–Crippen LogP) is 3.94. The highest BCUT2D eigenvalue weighted by Crippen LogP contribution is 2.32. The van der Waals surface area contributed by atoms with Gasteiger partial charge >= 0.3 is 0 Å². The average molecular weight is 376 g/mol. The Balaban J connectivity index is 1.23. The molecule has 0 atom stereocenters. The number of benzene rings is 3. The Labute approximate surface area is 163 Å². The maximum Gasteiger partial charge on any atom is 0.239 e. The Morgan fingerprint density at radius 3 is 2.46 bits per heavy atom. The summed E-state index contributed by atoms with van der Waals surface area (Å²) in [4.78, 5) is 12.1. The smallest absolute Gasteiger partial charge is 0.239 e. The first-order valence-corrected chi connectivity index (χ1v) is 8.98. The number of hydrogen-bond donors (Lipinski definition) is 2. The van der Waals surface area contributed by atoms with E-state index in [1.165, 1.54) is 0 Å². The zero-order valence-corrected chi connectivity index (χ0v) is 15.2. The molecule has 0 spiro atoms. The Bertz CT molecular complexity index is 943. The summed E-state index contributed by atoms with van der Waals surface area (Å²) in [5, 5.41) is 5.98. The van der Waals surface area contributed by atoms with E-state index in [1.54, 1.807) is 0 Å². The second-order valence-electron chi connectivity index (χ2n) is 6.26. The van der Waals surface area contributed by atoms with E-state index in [2.05, 4.69) is 10.6 Å². The third-order valence-electron chi connectivity index (χ3n) is 4.21. The van der Waals surface area contributed by atoms with Crippen LogP contribution >= 0.6 is 0 Å². The van der Waals surface area contributed by atoms with Crippen molar-refractivity contribution in [1.29, 1.82) is 0 Å². The molecule has 6 heteroatoms.